The molecule has 108 valence electrons. The highest BCUT2D eigenvalue weighted by Crippen LogP contribution is 2.24. The Labute approximate surface area is 120 Å². The molecule has 0 bridgehead atoms. The minimum Gasteiger partial charge on any atom is -0.383 e. The molecule has 0 saturated heterocycles. The van der Waals surface area contributed by atoms with E-state index in [1.165, 1.54) is 11.3 Å². The second-order valence-corrected chi connectivity index (χ2v) is 7.39. The van der Waals surface area contributed by atoms with E-state index in [0.717, 1.165) is 17.7 Å². The Hall–Kier alpha value is -0.870. The summed E-state index contributed by atoms with van der Waals surface area (Å²) in [6.45, 7) is 8.52. The predicted octanol–water partition coefficient (Wildman–Crippen LogP) is 3.29. The van der Waals surface area contributed by atoms with Gasteiger partial charge in [-0.3, -0.25) is 4.79 Å². The van der Waals surface area contributed by atoms with Gasteiger partial charge < -0.3 is 10.4 Å². The second kappa shape index (κ2) is 6.53. The number of aliphatic hydroxyl groups is 1. The summed E-state index contributed by atoms with van der Waals surface area (Å²) < 4.78 is 0. The van der Waals surface area contributed by atoms with Crippen molar-refractivity contribution in [3.63, 3.8) is 0 Å². The molecule has 1 rings (SSSR count). The Morgan fingerprint density at radius 1 is 1.37 bits per heavy atom. The molecule has 1 aromatic heterocycles. The van der Waals surface area contributed by atoms with Crippen molar-refractivity contribution in [3.05, 3.63) is 22.4 Å². The van der Waals surface area contributed by atoms with Crippen LogP contribution in [0.1, 0.15) is 51.8 Å². The Kier molecular flexibility index (Phi) is 5.56. The molecule has 0 aliphatic carbocycles. The Morgan fingerprint density at radius 2 is 2.05 bits per heavy atom. The van der Waals surface area contributed by atoms with Gasteiger partial charge in [-0.15, -0.1) is 11.3 Å². The number of hydrogen-bond acceptors (Lipinski definition) is 3. The zero-order chi connectivity index (χ0) is 14.5. The van der Waals surface area contributed by atoms with Crippen molar-refractivity contribution in [1.29, 1.82) is 0 Å². The highest BCUT2D eigenvalue weighted by molar-refractivity contribution is 7.10. The Bertz CT molecular complexity index is 391. The maximum atomic E-state index is 11.7. The largest absolute Gasteiger partial charge is 0.383 e. The van der Waals surface area contributed by atoms with Crippen LogP contribution in [0.2, 0.25) is 0 Å². The van der Waals surface area contributed by atoms with E-state index in [1.807, 2.05) is 17.5 Å². The number of carbonyl (C=O) groups is 1. The molecule has 0 spiro atoms. The molecule has 1 amide bonds. The van der Waals surface area contributed by atoms with Crippen LogP contribution < -0.4 is 5.32 Å². The lowest BCUT2D eigenvalue weighted by Crippen LogP contribution is -2.38. The van der Waals surface area contributed by atoms with E-state index in [-0.39, 0.29) is 17.9 Å². The molecule has 1 heterocycles. The van der Waals surface area contributed by atoms with E-state index in [0.29, 0.717) is 6.42 Å². The van der Waals surface area contributed by atoms with Crippen LogP contribution in [-0.2, 0) is 10.4 Å². The molecule has 0 aliphatic heterocycles. The SMILES string of the molecule is CC(C)(C)CCCC(=O)NCC(C)(O)c1cccs1. The van der Waals surface area contributed by atoms with E-state index >= 15 is 0 Å². The molecule has 1 atom stereocenters. The van der Waals surface area contributed by atoms with Gasteiger partial charge in [0.15, 0.2) is 0 Å². The molecule has 0 saturated carbocycles. The summed E-state index contributed by atoms with van der Waals surface area (Å²) in [7, 11) is 0. The van der Waals surface area contributed by atoms with Gasteiger partial charge in [0, 0.05) is 11.3 Å². The summed E-state index contributed by atoms with van der Waals surface area (Å²) in [4.78, 5) is 12.6. The lowest BCUT2D eigenvalue weighted by Gasteiger charge is -2.22. The monoisotopic (exact) mass is 283 g/mol. The minimum absolute atomic E-state index is 0.0149. The molecule has 19 heavy (non-hydrogen) atoms. The maximum absolute atomic E-state index is 11.7. The third-order valence-electron chi connectivity index (χ3n) is 3.01. The van der Waals surface area contributed by atoms with Gasteiger partial charge in [0.1, 0.15) is 5.60 Å². The number of hydrogen-bond donors (Lipinski definition) is 2. The zero-order valence-corrected chi connectivity index (χ0v) is 13.1. The van der Waals surface area contributed by atoms with Crippen molar-refractivity contribution in [1.82, 2.24) is 5.32 Å². The van der Waals surface area contributed by atoms with E-state index < -0.39 is 5.60 Å². The first-order chi connectivity index (χ1) is 8.71. The molecule has 1 aromatic rings. The third-order valence-corrected chi connectivity index (χ3v) is 4.14. The van der Waals surface area contributed by atoms with Crippen LogP contribution in [0.3, 0.4) is 0 Å². The molecule has 2 N–H and O–H groups in total. The number of carbonyl (C=O) groups excluding carboxylic acids is 1. The van der Waals surface area contributed by atoms with Crippen LogP contribution in [0.4, 0.5) is 0 Å². The van der Waals surface area contributed by atoms with Crippen LogP contribution in [0, 0.1) is 5.41 Å². The van der Waals surface area contributed by atoms with Crippen molar-refractivity contribution >= 4 is 17.2 Å². The molecule has 4 heteroatoms. The second-order valence-electron chi connectivity index (χ2n) is 6.44. The summed E-state index contributed by atoms with van der Waals surface area (Å²) in [5.41, 5.74) is -0.712. The van der Waals surface area contributed by atoms with Crippen LogP contribution in [0.15, 0.2) is 17.5 Å². The van der Waals surface area contributed by atoms with Crippen LogP contribution in [0.5, 0.6) is 0 Å². The number of amides is 1. The fourth-order valence-electron chi connectivity index (χ4n) is 1.81. The van der Waals surface area contributed by atoms with Gasteiger partial charge >= 0.3 is 0 Å². The highest BCUT2D eigenvalue weighted by Gasteiger charge is 2.24. The third kappa shape index (κ3) is 6.21. The average Bonchev–Trinajstić information content (AvgIpc) is 2.78. The van der Waals surface area contributed by atoms with Gasteiger partial charge in [-0.1, -0.05) is 26.8 Å². The standard InChI is InChI=1S/C15H25NO2S/c1-14(2,3)9-5-8-13(17)16-11-15(4,18)12-7-6-10-19-12/h6-7,10,18H,5,8-9,11H2,1-4H3,(H,16,17). The lowest BCUT2D eigenvalue weighted by molar-refractivity contribution is -0.122. The van der Waals surface area contributed by atoms with Gasteiger partial charge in [-0.2, -0.15) is 0 Å². The fraction of sp³-hybridized carbons (Fsp3) is 0.667. The van der Waals surface area contributed by atoms with Gasteiger partial charge in [0.25, 0.3) is 0 Å². The van der Waals surface area contributed by atoms with Crippen LogP contribution >= 0.6 is 11.3 Å². The van der Waals surface area contributed by atoms with E-state index in [2.05, 4.69) is 26.1 Å². The lowest BCUT2D eigenvalue weighted by atomic mass is 9.90. The Morgan fingerprint density at radius 3 is 2.58 bits per heavy atom. The number of rotatable bonds is 6. The van der Waals surface area contributed by atoms with E-state index in [9.17, 15) is 9.90 Å². The van der Waals surface area contributed by atoms with Crippen molar-refractivity contribution in [2.45, 2.75) is 52.6 Å². The van der Waals surface area contributed by atoms with Gasteiger partial charge in [0.05, 0.1) is 6.54 Å². The summed E-state index contributed by atoms with van der Waals surface area (Å²) in [6.07, 6.45) is 2.44. The van der Waals surface area contributed by atoms with E-state index in [1.54, 1.807) is 6.92 Å². The first kappa shape index (κ1) is 16.2. The molecule has 1 unspecified atom stereocenters. The average molecular weight is 283 g/mol. The number of nitrogens with one attached hydrogen (secondary N) is 1. The zero-order valence-electron chi connectivity index (χ0n) is 12.3. The number of thiophene rings is 1. The topological polar surface area (TPSA) is 49.3 Å². The van der Waals surface area contributed by atoms with E-state index in [4.69, 9.17) is 0 Å². The van der Waals surface area contributed by atoms with Crippen LogP contribution in [-0.4, -0.2) is 17.6 Å². The summed E-state index contributed by atoms with van der Waals surface area (Å²) in [5.74, 6) is 0.0149. The fourth-order valence-corrected chi connectivity index (χ4v) is 2.60. The smallest absolute Gasteiger partial charge is 0.220 e. The molecular formula is C15H25NO2S. The highest BCUT2D eigenvalue weighted by atomic mass is 32.1. The van der Waals surface area contributed by atoms with Crippen molar-refractivity contribution in [2.75, 3.05) is 6.54 Å². The molecule has 0 aromatic carbocycles. The summed E-state index contributed by atoms with van der Waals surface area (Å²) in [6, 6.07) is 3.79. The molecular weight excluding hydrogens is 258 g/mol. The normalized spacial score (nSPS) is 15.0. The van der Waals surface area contributed by atoms with Crippen molar-refractivity contribution in [2.24, 2.45) is 5.41 Å². The van der Waals surface area contributed by atoms with Crippen LogP contribution in [0.25, 0.3) is 0 Å². The van der Waals surface area contributed by atoms with Gasteiger partial charge in [0.2, 0.25) is 5.91 Å². The quantitative estimate of drug-likeness (QED) is 0.841. The van der Waals surface area contributed by atoms with Crippen molar-refractivity contribution in [3.8, 4) is 0 Å². The molecule has 0 fully saturated rings. The van der Waals surface area contributed by atoms with Gasteiger partial charge in [-0.25, -0.2) is 0 Å². The first-order valence-corrected chi connectivity index (χ1v) is 7.62. The van der Waals surface area contributed by atoms with Crippen molar-refractivity contribution < 1.29 is 9.90 Å². The maximum Gasteiger partial charge on any atom is 0.220 e. The minimum atomic E-state index is -0.978. The molecule has 0 radical (unpaired) electrons. The predicted molar refractivity (Wildman–Crippen MR) is 80.2 cm³/mol. The summed E-state index contributed by atoms with van der Waals surface area (Å²) in [5, 5.41) is 15.0. The van der Waals surface area contributed by atoms with Gasteiger partial charge in [-0.05, 0) is 36.6 Å². The molecule has 3 nitrogen and oxygen atoms in total. The first-order valence-electron chi connectivity index (χ1n) is 6.74. The Balaban J connectivity index is 2.30. The summed E-state index contributed by atoms with van der Waals surface area (Å²) >= 11 is 1.50. The molecule has 0 aliphatic rings.